The van der Waals surface area contributed by atoms with E-state index in [0.29, 0.717) is 11.4 Å². The molecule has 1 unspecified atom stereocenters. The number of ether oxygens (including phenoxy) is 1. The first kappa shape index (κ1) is 13.7. The van der Waals surface area contributed by atoms with Crippen molar-refractivity contribution in [1.29, 1.82) is 0 Å². The number of carbonyl (C=O) groups is 1. The highest BCUT2D eigenvalue weighted by Gasteiger charge is 2.23. The van der Waals surface area contributed by atoms with E-state index in [0.717, 1.165) is 25.8 Å². The number of nitrogens with zero attached hydrogens (tertiary/aromatic N) is 2. The van der Waals surface area contributed by atoms with E-state index in [9.17, 15) is 4.79 Å². The molecule has 0 aliphatic heterocycles. The maximum Gasteiger partial charge on any atom is 0.187 e. The molecule has 0 radical (unpaired) electrons. The third-order valence-corrected chi connectivity index (χ3v) is 2.86. The van der Waals surface area contributed by atoms with Gasteiger partial charge < -0.3 is 4.74 Å². The molecule has 1 aromatic heterocycles. The molecule has 4 heteroatoms. The van der Waals surface area contributed by atoms with E-state index in [2.05, 4.69) is 18.9 Å². The molecule has 0 saturated heterocycles. The van der Waals surface area contributed by atoms with Crippen LogP contribution in [0.3, 0.4) is 0 Å². The van der Waals surface area contributed by atoms with Crippen LogP contribution in [0.4, 0.5) is 0 Å². The van der Waals surface area contributed by atoms with Crippen molar-refractivity contribution in [2.75, 3.05) is 7.11 Å². The minimum absolute atomic E-state index is 0.0289. The minimum atomic E-state index is 0.0289. The van der Waals surface area contributed by atoms with E-state index in [1.54, 1.807) is 18.0 Å². The number of ketones is 1. The molecule has 0 N–H and O–H groups in total. The number of aromatic nitrogens is 2. The Hall–Kier alpha value is -1.32. The van der Waals surface area contributed by atoms with Gasteiger partial charge in [-0.05, 0) is 12.8 Å². The first-order valence-corrected chi connectivity index (χ1v) is 6.29. The largest absolute Gasteiger partial charge is 0.493 e. The van der Waals surface area contributed by atoms with Gasteiger partial charge in [0.1, 0.15) is 5.69 Å². The quantitative estimate of drug-likeness (QED) is 0.686. The van der Waals surface area contributed by atoms with Crippen molar-refractivity contribution in [2.45, 2.75) is 46.6 Å². The molecule has 0 fully saturated rings. The molecule has 1 heterocycles. The van der Waals surface area contributed by atoms with Gasteiger partial charge in [-0.25, -0.2) is 0 Å². The second-order valence-electron chi connectivity index (χ2n) is 4.34. The van der Waals surface area contributed by atoms with Crippen LogP contribution in [-0.4, -0.2) is 22.7 Å². The Labute approximate surface area is 103 Å². The van der Waals surface area contributed by atoms with Gasteiger partial charge in [0, 0.05) is 12.5 Å². The zero-order chi connectivity index (χ0) is 12.8. The molecule has 1 atom stereocenters. The second kappa shape index (κ2) is 6.42. The number of carbonyl (C=O) groups excluding carboxylic acids is 1. The predicted molar refractivity (Wildman–Crippen MR) is 67.5 cm³/mol. The van der Waals surface area contributed by atoms with Crippen LogP contribution in [0.25, 0.3) is 0 Å². The molecule has 0 aliphatic carbocycles. The fourth-order valence-electron chi connectivity index (χ4n) is 1.95. The number of rotatable bonds is 7. The molecule has 0 aromatic carbocycles. The van der Waals surface area contributed by atoms with Gasteiger partial charge in [0.2, 0.25) is 0 Å². The number of methoxy groups -OCH3 is 1. The molecule has 17 heavy (non-hydrogen) atoms. The number of hydrogen-bond donors (Lipinski definition) is 0. The molecule has 0 saturated carbocycles. The van der Waals surface area contributed by atoms with E-state index < -0.39 is 0 Å². The third-order valence-electron chi connectivity index (χ3n) is 2.86. The van der Waals surface area contributed by atoms with Crippen molar-refractivity contribution in [1.82, 2.24) is 9.78 Å². The summed E-state index contributed by atoms with van der Waals surface area (Å²) in [7, 11) is 1.58. The monoisotopic (exact) mass is 238 g/mol. The fraction of sp³-hybridized carbons (Fsp3) is 0.692. The maximum absolute atomic E-state index is 12.3. The molecule has 4 nitrogen and oxygen atoms in total. The average molecular weight is 238 g/mol. The lowest BCUT2D eigenvalue weighted by Crippen LogP contribution is -2.17. The summed E-state index contributed by atoms with van der Waals surface area (Å²) in [6, 6.07) is 0. The SMILES string of the molecule is CCCC(C)C(=O)c1c(OC)cnn1CCC. The van der Waals surface area contributed by atoms with Crippen LogP contribution in [0.1, 0.15) is 50.5 Å². The second-order valence-corrected chi connectivity index (χ2v) is 4.34. The van der Waals surface area contributed by atoms with E-state index in [1.165, 1.54) is 0 Å². The van der Waals surface area contributed by atoms with Crippen LogP contribution in [0, 0.1) is 5.92 Å². The van der Waals surface area contributed by atoms with Crippen molar-refractivity contribution in [3.63, 3.8) is 0 Å². The molecule has 0 spiro atoms. The van der Waals surface area contributed by atoms with Crippen LogP contribution in [0.15, 0.2) is 6.20 Å². The Morgan fingerprint density at radius 1 is 1.47 bits per heavy atom. The fourth-order valence-corrected chi connectivity index (χ4v) is 1.95. The summed E-state index contributed by atoms with van der Waals surface area (Å²) in [5.74, 6) is 0.752. The van der Waals surface area contributed by atoms with Crippen LogP contribution in [-0.2, 0) is 6.54 Å². The van der Waals surface area contributed by atoms with Crippen LogP contribution < -0.4 is 4.74 Å². The van der Waals surface area contributed by atoms with Gasteiger partial charge in [-0.2, -0.15) is 5.10 Å². The number of hydrogen-bond acceptors (Lipinski definition) is 3. The molecule has 1 aromatic rings. The Kier molecular flexibility index (Phi) is 5.19. The smallest absolute Gasteiger partial charge is 0.187 e. The summed E-state index contributed by atoms with van der Waals surface area (Å²) in [4.78, 5) is 12.3. The Morgan fingerprint density at radius 2 is 2.18 bits per heavy atom. The summed E-state index contributed by atoms with van der Waals surface area (Å²) in [5, 5.41) is 4.21. The van der Waals surface area contributed by atoms with Gasteiger partial charge in [0.15, 0.2) is 11.5 Å². The topological polar surface area (TPSA) is 44.1 Å². The lowest BCUT2D eigenvalue weighted by Gasteiger charge is -2.12. The molecule has 0 bridgehead atoms. The van der Waals surface area contributed by atoms with Crippen LogP contribution >= 0.6 is 0 Å². The van der Waals surface area contributed by atoms with Gasteiger partial charge in [-0.3, -0.25) is 9.48 Å². The molecule has 0 amide bonds. The van der Waals surface area contributed by atoms with E-state index in [4.69, 9.17) is 4.74 Å². The van der Waals surface area contributed by atoms with Crippen molar-refractivity contribution >= 4 is 5.78 Å². The first-order valence-electron chi connectivity index (χ1n) is 6.29. The Balaban J connectivity index is 3.00. The highest BCUT2D eigenvalue weighted by atomic mass is 16.5. The Bertz CT molecular complexity index is 371. The highest BCUT2D eigenvalue weighted by molar-refractivity contribution is 5.98. The lowest BCUT2D eigenvalue weighted by atomic mass is 9.98. The molecule has 1 rings (SSSR count). The standard InChI is InChI=1S/C13H22N2O2/c1-5-7-10(3)13(16)12-11(17-4)9-14-15(12)8-6-2/h9-10H,5-8H2,1-4H3. The van der Waals surface area contributed by atoms with E-state index in [-0.39, 0.29) is 11.7 Å². The zero-order valence-electron chi connectivity index (χ0n) is 11.2. The summed E-state index contributed by atoms with van der Waals surface area (Å²) in [5.41, 5.74) is 0.621. The van der Waals surface area contributed by atoms with E-state index in [1.807, 2.05) is 6.92 Å². The van der Waals surface area contributed by atoms with Gasteiger partial charge >= 0.3 is 0 Å². The Morgan fingerprint density at radius 3 is 2.71 bits per heavy atom. The van der Waals surface area contributed by atoms with Gasteiger partial charge in [0.05, 0.1) is 13.3 Å². The normalized spacial score (nSPS) is 12.5. The van der Waals surface area contributed by atoms with Crippen LogP contribution in [0.2, 0.25) is 0 Å². The minimum Gasteiger partial charge on any atom is -0.493 e. The van der Waals surface area contributed by atoms with Crippen LogP contribution in [0.5, 0.6) is 5.75 Å². The van der Waals surface area contributed by atoms with Crippen molar-refractivity contribution in [2.24, 2.45) is 5.92 Å². The highest BCUT2D eigenvalue weighted by Crippen LogP contribution is 2.23. The molecular weight excluding hydrogens is 216 g/mol. The number of Topliss-reactive ketones (excluding diaryl/α,β-unsaturated/α-hetero) is 1. The summed E-state index contributed by atoms with van der Waals surface area (Å²) in [6.45, 7) is 6.88. The molecule has 0 aliphatic rings. The summed E-state index contributed by atoms with van der Waals surface area (Å²) in [6.07, 6.45) is 4.49. The zero-order valence-corrected chi connectivity index (χ0v) is 11.2. The van der Waals surface area contributed by atoms with E-state index >= 15 is 0 Å². The summed E-state index contributed by atoms with van der Waals surface area (Å²) < 4.78 is 6.97. The first-order chi connectivity index (χ1) is 8.15. The predicted octanol–water partition coefficient (Wildman–Crippen LogP) is 2.92. The molecular formula is C13H22N2O2. The third kappa shape index (κ3) is 3.08. The average Bonchev–Trinajstić information content (AvgIpc) is 2.72. The maximum atomic E-state index is 12.3. The molecule has 96 valence electrons. The van der Waals surface area contributed by atoms with Crippen molar-refractivity contribution < 1.29 is 9.53 Å². The van der Waals surface area contributed by atoms with Gasteiger partial charge in [0.25, 0.3) is 0 Å². The van der Waals surface area contributed by atoms with Crippen molar-refractivity contribution in [3.8, 4) is 5.75 Å². The van der Waals surface area contributed by atoms with Gasteiger partial charge in [-0.15, -0.1) is 0 Å². The van der Waals surface area contributed by atoms with Gasteiger partial charge in [-0.1, -0.05) is 27.2 Å². The van der Waals surface area contributed by atoms with Crippen molar-refractivity contribution in [3.05, 3.63) is 11.9 Å². The number of aryl methyl sites for hydroxylation is 1. The lowest BCUT2D eigenvalue weighted by molar-refractivity contribution is 0.0909. The summed E-state index contributed by atoms with van der Waals surface area (Å²) >= 11 is 0.